The van der Waals surface area contributed by atoms with E-state index in [0.29, 0.717) is 25.9 Å². The predicted octanol–water partition coefficient (Wildman–Crippen LogP) is 2.13. The summed E-state index contributed by atoms with van der Waals surface area (Å²) in [6.45, 7) is 3.00. The van der Waals surface area contributed by atoms with E-state index in [1.165, 1.54) is 12.1 Å². The molecule has 1 N–H and O–H groups in total. The summed E-state index contributed by atoms with van der Waals surface area (Å²) in [4.78, 5) is 39.0. The van der Waals surface area contributed by atoms with Crippen molar-refractivity contribution in [3.63, 3.8) is 0 Å². The molecular formula is C18H24N2O4. The lowest BCUT2D eigenvalue weighted by molar-refractivity contribution is -0.143. The van der Waals surface area contributed by atoms with Crippen LogP contribution in [0, 0.1) is 0 Å². The number of carbonyl (C=O) groups excluding carboxylic acids is 2. The fourth-order valence-corrected chi connectivity index (χ4v) is 3.04. The molecule has 0 radical (unpaired) electrons. The number of benzene rings is 1. The van der Waals surface area contributed by atoms with Crippen molar-refractivity contribution in [2.24, 2.45) is 0 Å². The molecule has 1 aliphatic rings. The number of nitrogens with zero attached hydrogens (tertiary/aromatic N) is 2. The van der Waals surface area contributed by atoms with Crippen LogP contribution in [0.15, 0.2) is 24.3 Å². The zero-order valence-corrected chi connectivity index (χ0v) is 14.2. The molecule has 1 aliphatic heterocycles. The van der Waals surface area contributed by atoms with E-state index in [2.05, 4.69) is 0 Å². The van der Waals surface area contributed by atoms with E-state index >= 15 is 0 Å². The highest BCUT2D eigenvalue weighted by atomic mass is 16.4. The Morgan fingerprint density at radius 3 is 2.50 bits per heavy atom. The topological polar surface area (TPSA) is 77.9 Å². The Bertz CT molecular complexity index is 612. The predicted molar refractivity (Wildman–Crippen MR) is 89.5 cm³/mol. The van der Waals surface area contributed by atoms with E-state index in [1.807, 2.05) is 6.92 Å². The summed E-state index contributed by atoms with van der Waals surface area (Å²) >= 11 is 0. The van der Waals surface area contributed by atoms with Gasteiger partial charge in [0.1, 0.15) is 6.04 Å². The summed E-state index contributed by atoms with van der Waals surface area (Å²) in [6, 6.07) is 6.11. The van der Waals surface area contributed by atoms with Gasteiger partial charge in [-0.3, -0.25) is 9.59 Å². The molecule has 0 aliphatic carbocycles. The van der Waals surface area contributed by atoms with Crippen molar-refractivity contribution in [3.05, 3.63) is 35.4 Å². The second-order valence-electron chi connectivity index (χ2n) is 6.19. The second-order valence-corrected chi connectivity index (χ2v) is 6.19. The molecule has 6 heteroatoms. The standard InChI is InChI=1S/C18H24N2O4/c1-3-5-16(21)20-11-4-6-15(20)17(22)19(2)12-13-7-9-14(10-8-13)18(23)24/h7-10,15H,3-6,11-12H2,1-2H3,(H,23,24). The molecule has 24 heavy (non-hydrogen) atoms. The van der Waals surface area contributed by atoms with E-state index in [4.69, 9.17) is 5.11 Å². The average Bonchev–Trinajstić information content (AvgIpc) is 3.04. The molecule has 0 bridgehead atoms. The largest absolute Gasteiger partial charge is 0.478 e. The third-order valence-corrected chi connectivity index (χ3v) is 4.32. The number of carboxylic acids is 1. The number of likely N-dealkylation sites (N-methyl/N-ethyl adjacent to an activating group) is 1. The highest BCUT2D eigenvalue weighted by molar-refractivity contribution is 5.88. The van der Waals surface area contributed by atoms with Gasteiger partial charge in [0.05, 0.1) is 5.56 Å². The normalized spacial score (nSPS) is 16.9. The Morgan fingerprint density at radius 1 is 1.25 bits per heavy atom. The van der Waals surface area contributed by atoms with Gasteiger partial charge in [0.2, 0.25) is 11.8 Å². The van der Waals surface area contributed by atoms with Crippen LogP contribution in [0.4, 0.5) is 0 Å². The first-order valence-corrected chi connectivity index (χ1v) is 8.30. The molecule has 1 unspecified atom stereocenters. The Morgan fingerprint density at radius 2 is 1.92 bits per heavy atom. The summed E-state index contributed by atoms with van der Waals surface area (Å²) in [5.41, 5.74) is 1.08. The molecule has 0 saturated carbocycles. The van der Waals surface area contributed by atoms with Crippen LogP contribution in [-0.2, 0) is 16.1 Å². The van der Waals surface area contributed by atoms with Gasteiger partial charge >= 0.3 is 5.97 Å². The lowest BCUT2D eigenvalue weighted by atomic mass is 10.1. The zero-order chi connectivity index (χ0) is 17.7. The monoisotopic (exact) mass is 332 g/mol. The SMILES string of the molecule is CCCC(=O)N1CCCC1C(=O)N(C)Cc1ccc(C(=O)O)cc1. The molecule has 2 amide bonds. The van der Waals surface area contributed by atoms with Crippen molar-refractivity contribution < 1.29 is 19.5 Å². The smallest absolute Gasteiger partial charge is 0.335 e. The van der Waals surface area contributed by atoms with Crippen LogP contribution in [0.3, 0.4) is 0 Å². The second kappa shape index (κ2) is 7.95. The minimum atomic E-state index is -0.970. The van der Waals surface area contributed by atoms with Crippen LogP contribution in [0.2, 0.25) is 0 Å². The van der Waals surface area contributed by atoms with Crippen molar-refractivity contribution in [1.29, 1.82) is 0 Å². The molecular weight excluding hydrogens is 308 g/mol. The highest BCUT2D eigenvalue weighted by Gasteiger charge is 2.35. The number of carboxylic acid groups (broad SMARTS) is 1. The third-order valence-electron chi connectivity index (χ3n) is 4.32. The molecule has 0 spiro atoms. The number of rotatable bonds is 6. The lowest BCUT2D eigenvalue weighted by Crippen LogP contribution is -2.46. The number of amides is 2. The lowest BCUT2D eigenvalue weighted by Gasteiger charge is -2.28. The van der Waals surface area contributed by atoms with Gasteiger partial charge in [0, 0.05) is 26.6 Å². The van der Waals surface area contributed by atoms with Crippen LogP contribution in [0.25, 0.3) is 0 Å². The Balaban J connectivity index is 2.00. The summed E-state index contributed by atoms with van der Waals surface area (Å²) < 4.78 is 0. The Kier molecular flexibility index (Phi) is 5.95. The molecule has 2 rings (SSSR count). The van der Waals surface area contributed by atoms with Crippen LogP contribution < -0.4 is 0 Å². The minimum Gasteiger partial charge on any atom is -0.478 e. The molecule has 1 fully saturated rings. The molecule has 1 aromatic rings. The molecule has 1 aromatic carbocycles. The maximum Gasteiger partial charge on any atom is 0.335 e. The number of aromatic carboxylic acids is 1. The van der Waals surface area contributed by atoms with Crippen LogP contribution >= 0.6 is 0 Å². The summed E-state index contributed by atoms with van der Waals surface area (Å²) in [5, 5.41) is 8.91. The van der Waals surface area contributed by atoms with Gasteiger partial charge in [-0.2, -0.15) is 0 Å². The molecule has 0 aromatic heterocycles. The number of likely N-dealkylation sites (tertiary alicyclic amines) is 1. The maximum atomic E-state index is 12.7. The van der Waals surface area contributed by atoms with Gasteiger partial charge in [0.15, 0.2) is 0 Å². The zero-order valence-electron chi connectivity index (χ0n) is 14.2. The quantitative estimate of drug-likeness (QED) is 0.866. The van der Waals surface area contributed by atoms with Crippen LogP contribution in [0.1, 0.15) is 48.5 Å². The Hall–Kier alpha value is -2.37. The van der Waals surface area contributed by atoms with E-state index in [9.17, 15) is 14.4 Å². The number of carbonyl (C=O) groups is 3. The first-order valence-electron chi connectivity index (χ1n) is 8.30. The summed E-state index contributed by atoms with van der Waals surface area (Å²) in [6.07, 6.45) is 2.82. The van der Waals surface area contributed by atoms with Crippen LogP contribution in [-0.4, -0.2) is 52.3 Å². The van der Waals surface area contributed by atoms with Gasteiger partial charge in [-0.1, -0.05) is 19.1 Å². The number of hydrogen-bond donors (Lipinski definition) is 1. The van der Waals surface area contributed by atoms with Gasteiger partial charge < -0.3 is 14.9 Å². The molecule has 130 valence electrons. The van der Waals surface area contributed by atoms with E-state index in [1.54, 1.807) is 29.0 Å². The van der Waals surface area contributed by atoms with Crippen LogP contribution in [0.5, 0.6) is 0 Å². The van der Waals surface area contributed by atoms with Crippen molar-refractivity contribution in [3.8, 4) is 0 Å². The fraction of sp³-hybridized carbons (Fsp3) is 0.500. The minimum absolute atomic E-state index is 0.0487. The van der Waals surface area contributed by atoms with Gasteiger partial charge in [-0.15, -0.1) is 0 Å². The maximum absolute atomic E-state index is 12.7. The highest BCUT2D eigenvalue weighted by Crippen LogP contribution is 2.21. The first kappa shape index (κ1) is 18.0. The third kappa shape index (κ3) is 4.13. The first-order chi connectivity index (χ1) is 11.4. The van der Waals surface area contributed by atoms with Gasteiger partial charge in [0.25, 0.3) is 0 Å². The Labute approximate surface area is 142 Å². The molecule has 1 atom stereocenters. The van der Waals surface area contributed by atoms with Gasteiger partial charge in [-0.05, 0) is 37.0 Å². The van der Waals surface area contributed by atoms with Crippen molar-refractivity contribution in [2.45, 2.75) is 45.2 Å². The van der Waals surface area contributed by atoms with E-state index < -0.39 is 5.97 Å². The number of hydrogen-bond acceptors (Lipinski definition) is 3. The molecule has 6 nitrogen and oxygen atoms in total. The van der Waals surface area contributed by atoms with Crippen molar-refractivity contribution >= 4 is 17.8 Å². The van der Waals surface area contributed by atoms with Gasteiger partial charge in [-0.25, -0.2) is 4.79 Å². The van der Waals surface area contributed by atoms with E-state index in [0.717, 1.165) is 18.4 Å². The van der Waals surface area contributed by atoms with E-state index in [-0.39, 0.29) is 23.4 Å². The summed E-state index contributed by atoms with van der Waals surface area (Å²) in [7, 11) is 1.72. The fourth-order valence-electron chi connectivity index (χ4n) is 3.04. The summed E-state index contributed by atoms with van der Waals surface area (Å²) in [5.74, 6) is -0.978. The average molecular weight is 332 g/mol. The molecule has 1 heterocycles. The van der Waals surface area contributed by atoms with Crippen molar-refractivity contribution in [2.75, 3.05) is 13.6 Å². The molecule has 1 saturated heterocycles. The van der Waals surface area contributed by atoms with Crippen molar-refractivity contribution in [1.82, 2.24) is 9.80 Å².